The van der Waals surface area contributed by atoms with E-state index in [1.807, 2.05) is 27.9 Å². The molecule has 2 aromatic carbocycles. The van der Waals surface area contributed by atoms with Crippen molar-refractivity contribution in [3.8, 4) is 0 Å². The molecule has 1 amide bonds. The Kier molecular flexibility index (Phi) is 6.01. The van der Waals surface area contributed by atoms with Crippen molar-refractivity contribution in [2.24, 2.45) is 0 Å². The molecule has 3 heterocycles. The lowest BCUT2D eigenvalue weighted by molar-refractivity contribution is -0.133. The highest BCUT2D eigenvalue weighted by molar-refractivity contribution is 6.35. The number of hydrogen-bond donors (Lipinski definition) is 1. The number of aromatic nitrogens is 2. The van der Waals surface area contributed by atoms with Crippen LogP contribution in [0.1, 0.15) is 31.4 Å². The van der Waals surface area contributed by atoms with Crippen LogP contribution >= 0.6 is 23.2 Å². The molecule has 5 rings (SSSR count). The van der Waals surface area contributed by atoms with Crippen LogP contribution in [0, 0.1) is 0 Å². The van der Waals surface area contributed by atoms with E-state index in [1.54, 1.807) is 6.07 Å². The first-order chi connectivity index (χ1) is 15.5. The van der Waals surface area contributed by atoms with Gasteiger partial charge in [0, 0.05) is 47.3 Å². The van der Waals surface area contributed by atoms with Gasteiger partial charge in [-0.3, -0.25) is 9.48 Å². The van der Waals surface area contributed by atoms with Crippen molar-refractivity contribution in [3.05, 3.63) is 58.2 Å². The summed E-state index contributed by atoms with van der Waals surface area (Å²) < 4.78 is 2.01. The van der Waals surface area contributed by atoms with Crippen molar-refractivity contribution >= 4 is 45.7 Å². The van der Waals surface area contributed by atoms with Crippen LogP contribution in [0.2, 0.25) is 10.0 Å². The molecule has 0 bridgehead atoms. The highest BCUT2D eigenvalue weighted by atomic mass is 35.5. The van der Waals surface area contributed by atoms with E-state index in [0.29, 0.717) is 10.0 Å². The van der Waals surface area contributed by atoms with Crippen molar-refractivity contribution < 1.29 is 4.79 Å². The number of fused-ring (bicyclic) bond motifs is 1. The Morgan fingerprint density at radius 3 is 2.66 bits per heavy atom. The maximum absolute atomic E-state index is 12.7. The molecule has 2 atom stereocenters. The molecule has 1 unspecified atom stereocenters. The lowest BCUT2D eigenvalue weighted by atomic mass is 10.1. The predicted molar refractivity (Wildman–Crippen MR) is 130 cm³/mol. The van der Waals surface area contributed by atoms with E-state index in [1.165, 1.54) is 0 Å². The largest absolute Gasteiger partial charge is 0.368 e. The molecule has 3 aromatic rings. The summed E-state index contributed by atoms with van der Waals surface area (Å²) in [5.74, 6) is 0.254. The van der Waals surface area contributed by atoms with Crippen molar-refractivity contribution in [2.75, 3.05) is 37.6 Å². The summed E-state index contributed by atoms with van der Waals surface area (Å²) in [6.07, 6.45) is 3.93. The zero-order chi connectivity index (χ0) is 22.2. The van der Waals surface area contributed by atoms with Gasteiger partial charge < -0.3 is 15.1 Å². The van der Waals surface area contributed by atoms with E-state index in [9.17, 15) is 4.79 Å². The van der Waals surface area contributed by atoms with Gasteiger partial charge in [-0.15, -0.1) is 0 Å². The third-order valence-corrected chi connectivity index (χ3v) is 7.24. The van der Waals surface area contributed by atoms with Crippen LogP contribution in [0.4, 0.5) is 5.69 Å². The average Bonchev–Trinajstić information content (AvgIpc) is 3.48. The number of hydrogen-bond acceptors (Lipinski definition) is 4. The van der Waals surface area contributed by atoms with Crippen LogP contribution in [0.25, 0.3) is 10.9 Å². The number of halogens is 2. The Morgan fingerprint density at radius 2 is 1.94 bits per heavy atom. The zero-order valence-corrected chi connectivity index (χ0v) is 19.6. The maximum Gasteiger partial charge on any atom is 0.239 e. The summed E-state index contributed by atoms with van der Waals surface area (Å²) in [4.78, 5) is 17.1. The van der Waals surface area contributed by atoms with Crippen molar-refractivity contribution in [1.82, 2.24) is 20.0 Å². The zero-order valence-electron chi connectivity index (χ0n) is 18.1. The molecule has 0 aliphatic carbocycles. The number of benzene rings is 2. The number of nitrogens with zero attached hydrogens (tertiary/aromatic N) is 4. The first kappa shape index (κ1) is 21.6. The fourth-order valence-corrected chi connectivity index (χ4v) is 5.37. The van der Waals surface area contributed by atoms with Gasteiger partial charge in [0.25, 0.3) is 0 Å². The molecule has 2 saturated heterocycles. The summed E-state index contributed by atoms with van der Waals surface area (Å²) in [6, 6.07) is 12.0. The topological polar surface area (TPSA) is 53.4 Å². The molecule has 8 heteroatoms. The third-order valence-electron chi connectivity index (χ3n) is 6.68. The first-order valence-corrected chi connectivity index (χ1v) is 12.0. The Morgan fingerprint density at radius 1 is 1.12 bits per heavy atom. The smallest absolute Gasteiger partial charge is 0.239 e. The predicted octanol–water partition coefficient (Wildman–Crippen LogP) is 4.35. The summed E-state index contributed by atoms with van der Waals surface area (Å²) in [5, 5.41) is 10.3. The summed E-state index contributed by atoms with van der Waals surface area (Å²) in [7, 11) is 0. The quantitative estimate of drug-likeness (QED) is 0.614. The van der Waals surface area contributed by atoms with Crippen LogP contribution in [-0.4, -0.2) is 59.4 Å². The molecule has 1 N–H and O–H groups in total. The lowest BCUT2D eigenvalue weighted by Gasteiger charge is -2.37. The highest BCUT2D eigenvalue weighted by Gasteiger charge is 2.29. The first-order valence-electron chi connectivity index (χ1n) is 11.2. The Hall–Kier alpha value is -2.28. The molecule has 0 spiro atoms. The molecule has 0 saturated carbocycles. The van der Waals surface area contributed by atoms with Crippen LogP contribution in [-0.2, 0) is 4.79 Å². The number of carbonyl (C=O) groups excluding carboxylic acids is 1. The van der Waals surface area contributed by atoms with E-state index in [-0.39, 0.29) is 18.0 Å². The number of anilines is 1. The highest BCUT2D eigenvalue weighted by Crippen LogP contribution is 2.32. The van der Waals surface area contributed by atoms with Crippen LogP contribution in [0.3, 0.4) is 0 Å². The number of nitrogens with one attached hydrogen (secondary N) is 1. The van der Waals surface area contributed by atoms with Crippen LogP contribution in [0.5, 0.6) is 0 Å². The number of piperazine rings is 1. The number of amides is 1. The molecular weight excluding hydrogens is 445 g/mol. The van der Waals surface area contributed by atoms with Crippen molar-refractivity contribution in [3.63, 3.8) is 0 Å². The van der Waals surface area contributed by atoms with Gasteiger partial charge in [-0.2, -0.15) is 5.10 Å². The van der Waals surface area contributed by atoms with Gasteiger partial charge >= 0.3 is 0 Å². The normalized spacial score (nSPS) is 20.2. The second-order valence-corrected chi connectivity index (χ2v) is 9.48. The lowest BCUT2D eigenvalue weighted by Crippen LogP contribution is -2.53. The average molecular weight is 472 g/mol. The SMILES string of the molecule is CC(c1ccc(Cl)cc1Cl)n1ncc2ccc(N3CCN(C(=O)[C@H]4CCCN4)CC3)cc21. The van der Waals surface area contributed by atoms with Gasteiger partial charge in [-0.25, -0.2) is 0 Å². The number of carbonyl (C=O) groups is 1. The molecule has 6 nitrogen and oxygen atoms in total. The molecule has 2 aliphatic rings. The van der Waals surface area contributed by atoms with E-state index in [2.05, 4.69) is 40.4 Å². The molecule has 1 aromatic heterocycles. The summed E-state index contributed by atoms with van der Waals surface area (Å²) >= 11 is 12.5. The number of rotatable bonds is 4. The van der Waals surface area contributed by atoms with E-state index in [4.69, 9.17) is 23.2 Å². The Labute approximate surface area is 198 Å². The van der Waals surface area contributed by atoms with E-state index in [0.717, 1.165) is 67.7 Å². The van der Waals surface area contributed by atoms with Gasteiger partial charge in [0.1, 0.15) is 0 Å². The van der Waals surface area contributed by atoms with E-state index >= 15 is 0 Å². The fraction of sp³-hybridized carbons (Fsp3) is 0.417. The van der Waals surface area contributed by atoms with Gasteiger partial charge in [0.05, 0.1) is 23.8 Å². The van der Waals surface area contributed by atoms with Gasteiger partial charge in [0.2, 0.25) is 5.91 Å². The summed E-state index contributed by atoms with van der Waals surface area (Å²) in [5.41, 5.74) is 3.20. The minimum absolute atomic E-state index is 0.00781. The Balaban J connectivity index is 1.34. The standard InChI is InChI=1S/C24H27Cl2N5O/c1-16(20-7-5-18(25)13-21(20)26)31-23-14-19(6-4-17(23)15-28-31)29-9-11-30(12-10-29)24(32)22-3-2-8-27-22/h4-7,13-16,22,27H,2-3,8-12H2,1H3/t16?,22-/m1/s1. The molecule has 2 aliphatic heterocycles. The second kappa shape index (κ2) is 8.93. The van der Waals surface area contributed by atoms with Gasteiger partial charge in [-0.05, 0) is 62.2 Å². The molecule has 168 valence electrons. The minimum atomic E-state index is -0.0269. The van der Waals surface area contributed by atoms with Crippen molar-refractivity contribution in [1.29, 1.82) is 0 Å². The summed E-state index contributed by atoms with van der Waals surface area (Å²) in [6.45, 7) is 6.21. The van der Waals surface area contributed by atoms with Crippen LogP contribution < -0.4 is 10.2 Å². The third kappa shape index (κ3) is 4.07. The second-order valence-electron chi connectivity index (χ2n) is 8.64. The monoisotopic (exact) mass is 471 g/mol. The van der Waals surface area contributed by atoms with E-state index < -0.39 is 0 Å². The van der Waals surface area contributed by atoms with Gasteiger partial charge in [-0.1, -0.05) is 29.3 Å². The minimum Gasteiger partial charge on any atom is -0.368 e. The molecular formula is C24H27Cl2N5O. The van der Waals surface area contributed by atoms with Gasteiger partial charge in [0.15, 0.2) is 0 Å². The maximum atomic E-state index is 12.7. The van der Waals surface area contributed by atoms with Crippen LogP contribution in [0.15, 0.2) is 42.6 Å². The van der Waals surface area contributed by atoms with Crippen molar-refractivity contribution in [2.45, 2.75) is 31.8 Å². The molecule has 2 fully saturated rings. The fourth-order valence-electron chi connectivity index (χ4n) is 4.80. The molecule has 0 radical (unpaired) electrons. The molecule has 32 heavy (non-hydrogen) atoms. The Bertz CT molecular complexity index is 1130.